The summed E-state index contributed by atoms with van der Waals surface area (Å²) in [6, 6.07) is 10.9. The number of ether oxygens (including phenoxy) is 1. The number of hydrogen-bond donors (Lipinski definition) is 2. The lowest BCUT2D eigenvalue weighted by Crippen LogP contribution is -2.45. The Morgan fingerprint density at radius 1 is 1.27 bits per heavy atom. The van der Waals surface area contributed by atoms with Gasteiger partial charge in [-0.1, -0.05) is 28.1 Å². The summed E-state index contributed by atoms with van der Waals surface area (Å²) in [5.41, 5.74) is 0.467. The van der Waals surface area contributed by atoms with Crippen molar-refractivity contribution in [2.75, 3.05) is 10.6 Å². The normalized spacial score (nSPS) is 16.3. The second kappa shape index (κ2) is 5.76. The fourth-order valence-electron chi connectivity index (χ4n) is 2.01. The quantitative estimate of drug-likeness (QED) is 0.805. The van der Waals surface area contributed by atoms with Gasteiger partial charge in [0, 0.05) is 4.47 Å². The molecule has 22 heavy (non-hydrogen) atoms. The first-order chi connectivity index (χ1) is 10.5. The van der Waals surface area contributed by atoms with Crippen molar-refractivity contribution in [3.8, 4) is 5.75 Å². The molecule has 0 saturated heterocycles. The minimum Gasteiger partial charge on any atom is -0.468 e. The summed E-state index contributed by atoms with van der Waals surface area (Å²) < 4.78 is 19.7. The Hall–Kier alpha value is -2.41. The number of carbonyl (C=O) groups is 2. The van der Waals surface area contributed by atoms with E-state index >= 15 is 0 Å². The van der Waals surface area contributed by atoms with Crippen LogP contribution in [-0.2, 0) is 9.59 Å². The molecule has 1 atom stereocenters. The lowest BCUT2D eigenvalue weighted by molar-refractivity contribution is -0.133. The zero-order valence-corrected chi connectivity index (χ0v) is 12.7. The molecule has 0 fully saturated rings. The average molecular weight is 365 g/mol. The van der Waals surface area contributed by atoms with Crippen molar-refractivity contribution in [3.05, 3.63) is 52.8 Å². The molecule has 5 nitrogen and oxygen atoms in total. The van der Waals surface area contributed by atoms with Crippen molar-refractivity contribution < 1.29 is 18.7 Å². The summed E-state index contributed by atoms with van der Waals surface area (Å²) >= 11 is 3.13. The number of rotatable bonds is 2. The van der Waals surface area contributed by atoms with Gasteiger partial charge in [-0.15, -0.1) is 0 Å². The zero-order valence-electron chi connectivity index (χ0n) is 11.1. The van der Waals surface area contributed by atoms with E-state index in [1.807, 2.05) is 0 Å². The van der Waals surface area contributed by atoms with E-state index < -0.39 is 23.7 Å². The molecule has 0 aromatic heterocycles. The van der Waals surface area contributed by atoms with E-state index in [4.69, 9.17) is 4.74 Å². The van der Waals surface area contributed by atoms with Crippen LogP contribution < -0.4 is 15.4 Å². The minimum absolute atomic E-state index is 0.0246. The predicted molar refractivity (Wildman–Crippen MR) is 82.2 cm³/mol. The molecule has 2 aromatic rings. The first kappa shape index (κ1) is 14.5. The Morgan fingerprint density at radius 3 is 2.82 bits per heavy atom. The molecule has 1 heterocycles. The van der Waals surface area contributed by atoms with E-state index in [0.717, 1.165) is 0 Å². The molecule has 7 heteroatoms. The molecule has 0 saturated carbocycles. The highest BCUT2D eigenvalue weighted by molar-refractivity contribution is 9.10. The molecule has 1 unspecified atom stereocenters. The van der Waals surface area contributed by atoms with Crippen molar-refractivity contribution in [1.82, 2.24) is 0 Å². The number of carbonyl (C=O) groups excluding carboxylic acids is 2. The van der Waals surface area contributed by atoms with Gasteiger partial charge in [0.1, 0.15) is 11.6 Å². The zero-order chi connectivity index (χ0) is 15.7. The van der Waals surface area contributed by atoms with Crippen LogP contribution in [0, 0.1) is 5.82 Å². The lowest BCUT2D eigenvalue weighted by atomic mass is 10.2. The maximum atomic E-state index is 13.7. The molecule has 2 N–H and O–H groups in total. The molecule has 3 rings (SSSR count). The van der Waals surface area contributed by atoms with E-state index in [1.165, 1.54) is 12.1 Å². The highest BCUT2D eigenvalue weighted by atomic mass is 79.9. The first-order valence-electron chi connectivity index (χ1n) is 6.37. The third-order valence-corrected chi connectivity index (χ3v) is 3.55. The maximum absolute atomic E-state index is 13.7. The topological polar surface area (TPSA) is 67.4 Å². The van der Waals surface area contributed by atoms with Crippen molar-refractivity contribution in [1.29, 1.82) is 0 Å². The van der Waals surface area contributed by atoms with Crippen LogP contribution in [0.5, 0.6) is 5.75 Å². The molecule has 0 radical (unpaired) electrons. The Morgan fingerprint density at radius 2 is 2.05 bits per heavy atom. The third kappa shape index (κ3) is 2.80. The van der Waals surface area contributed by atoms with Crippen LogP contribution in [0.2, 0.25) is 0 Å². The summed E-state index contributed by atoms with van der Waals surface area (Å²) in [5, 5.41) is 4.92. The van der Waals surface area contributed by atoms with Crippen molar-refractivity contribution >= 4 is 39.1 Å². The number of hydrogen-bond acceptors (Lipinski definition) is 3. The van der Waals surface area contributed by atoms with E-state index in [2.05, 4.69) is 26.6 Å². The molecule has 0 bridgehead atoms. The number of para-hydroxylation sites is 2. The highest BCUT2D eigenvalue weighted by Crippen LogP contribution is 2.29. The van der Waals surface area contributed by atoms with Crippen LogP contribution in [0.25, 0.3) is 0 Å². The van der Waals surface area contributed by atoms with Gasteiger partial charge in [0.25, 0.3) is 17.9 Å². The van der Waals surface area contributed by atoms with Crippen LogP contribution >= 0.6 is 15.9 Å². The van der Waals surface area contributed by atoms with Crippen molar-refractivity contribution in [2.24, 2.45) is 0 Å². The number of benzene rings is 2. The van der Waals surface area contributed by atoms with Gasteiger partial charge in [0.15, 0.2) is 0 Å². The van der Waals surface area contributed by atoms with Gasteiger partial charge in [0.05, 0.1) is 11.4 Å². The lowest BCUT2D eigenvalue weighted by Gasteiger charge is -2.24. The van der Waals surface area contributed by atoms with Crippen LogP contribution in [-0.4, -0.2) is 17.9 Å². The average Bonchev–Trinajstić information content (AvgIpc) is 2.49. The number of amides is 2. The monoisotopic (exact) mass is 364 g/mol. The summed E-state index contributed by atoms with van der Waals surface area (Å²) in [5.74, 6) is -1.57. The van der Waals surface area contributed by atoms with Crippen LogP contribution in [0.15, 0.2) is 46.9 Å². The molecule has 2 aromatic carbocycles. The van der Waals surface area contributed by atoms with Crippen LogP contribution in [0.1, 0.15) is 0 Å². The van der Waals surface area contributed by atoms with Gasteiger partial charge in [-0.05, 0) is 30.3 Å². The minimum atomic E-state index is -1.38. The fraction of sp³-hybridized carbons (Fsp3) is 0.0667. The maximum Gasteiger partial charge on any atom is 0.275 e. The Kier molecular flexibility index (Phi) is 3.81. The second-order valence-corrected chi connectivity index (χ2v) is 5.51. The van der Waals surface area contributed by atoms with Gasteiger partial charge >= 0.3 is 0 Å². The Labute approximate surface area is 133 Å². The first-order valence-corrected chi connectivity index (χ1v) is 7.16. The molecule has 1 aliphatic rings. The molecule has 0 aliphatic carbocycles. The summed E-state index contributed by atoms with van der Waals surface area (Å²) in [6.45, 7) is 0. The van der Waals surface area contributed by atoms with E-state index in [0.29, 0.717) is 15.9 Å². The molecule has 2 amide bonds. The Balaban J connectivity index is 1.79. The third-order valence-electron chi connectivity index (χ3n) is 3.06. The van der Waals surface area contributed by atoms with Gasteiger partial charge in [-0.2, -0.15) is 0 Å². The molecular formula is C15H10BrFN2O3. The van der Waals surface area contributed by atoms with E-state index in [1.54, 1.807) is 30.3 Å². The van der Waals surface area contributed by atoms with Crippen molar-refractivity contribution in [2.45, 2.75) is 6.10 Å². The van der Waals surface area contributed by atoms with Crippen molar-refractivity contribution in [3.63, 3.8) is 0 Å². The summed E-state index contributed by atoms with van der Waals surface area (Å²) in [7, 11) is 0. The standard InChI is InChI=1S/C15H10BrFN2O3/c16-8-5-6-10(9(17)7-8)18-14(20)13-15(21)19-11-3-1-2-4-12(11)22-13/h1-7,13H,(H,18,20)(H,19,21). The number of nitrogens with one attached hydrogen (secondary N) is 2. The summed E-state index contributed by atoms with van der Waals surface area (Å²) in [4.78, 5) is 24.1. The predicted octanol–water partition coefficient (Wildman–Crippen LogP) is 2.93. The van der Waals surface area contributed by atoms with E-state index in [-0.39, 0.29) is 5.69 Å². The Bertz CT molecular complexity index is 766. The van der Waals surface area contributed by atoms with Gasteiger partial charge < -0.3 is 15.4 Å². The molecule has 0 spiro atoms. The molecular weight excluding hydrogens is 355 g/mol. The number of fused-ring (bicyclic) bond motifs is 1. The van der Waals surface area contributed by atoms with Gasteiger partial charge in [-0.25, -0.2) is 4.39 Å². The van der Waals surface area contributed by atoms with E-state index in [9.17, 15) is 14.0 Å². The second-order valence-electron chi connectivity index (χ2n) is 4.60. The largest absolute Gasteiger partial charge is 0.468 e. The smallest absolute Gasteiger partial charge is 0.275 e. The molecule has 112 valence electrons. The number of halogens is 2. The fourth-order valence-corrected chi connectivity index (χ4v) is 2.35. The van der Waals surface area contributed by atoms with Crippen LogP contribution in [0.4, 0.5) is 15.8 Å². The van der Waals surface area contributed by atoms with Gasteiger partial charge in [-0.3, -0.25) is 9.59 Å². The molecule has 1 aliphatic heterocycles. The summed E-state index contributed by atoms with van der Waals surface area (Å²) in [6.07, 6.45) is -1.38. The highest BCUT2D eigenvalue weighted by Gasteiger charge is 2.34. The van der Waals surface area contributed by atoms with Gasteiger partial charge in [0.2, 0.25) is 0 Å². The number of anilines is 2. The SMILES string of the molecule is O=C(Nc1ccc(Br)cc1F)C1Oc2ccccc2NC1=O. The van der Waals surface area contributed by atoms with Crippen LogP contribution in [0.3, 0.4) is 0 Å².